The first kappa shape index (κ1) is 11.4. The van der Waals surface area contributed by atoms with Gasteiger partial charge in [-0.25, -0.2) is 0 Å². The molecule has 5 nitrogen and oxygen atoms in total. The third kappa shape index (κ3) is 2.96. The molecular formula is C12H16N4O. The van der Waals surface area contributed by atoms with Gasteiger partial charge >= 0.3 is 0 Å². The number of ether oxygens (including phenoxy) is 1. The van der Waals surface area contributed by atoms with E-state index in [9.17, 15) is 0 Å². The summed E-state index contributed by atoms with van der Waals surface area (Å²) in [5.74, 6) is 1.29. The highest BCUT2D eigenvalue weighted by molar-refractivity contribution is 6.03. The molecule has 1 aliphatic rings. The Labute approximate surface area is 100 Å². The van der Waals surface area contributed by atoms with Crippen LogP contribution in [-0.4, -0.2) is 18.8 Å². The Bertz CT molecular complexity index is 442. The lowest BCUT2D eigenvalue weighted by Crippen LogP contribution is -2.22. The van der Waals surface area contributed by atoms with Gasteiger partial charge in [0.25, 0.3) is 0 Å². The maximum Gasteiger partial charge on any atom is 0.211 e. The molecule has 5 heteroatoms. The Balaban J connectivity index is 2.26. The first-order valence-corrected chi connectivity index (χ1v) is 5.51. The van der Waals surface area contributed by atoms with Crippen molar-refractivity contribution in [2.24, 2.45) is 27.6 Å². The molecule has 1 aromatic rings. The minimum Gasteiger partial charge on any atom is -0.497 e. The number of methoxy groups -OCH3 is 1. The van der Waals surface area contributed by atoms with Gasteiger partial charge in [-0.15, -0.1) is 5.10 Å². The normalized spacial score (nSPS) is 15.5. The van der Waals surface area contributed by atoms with Crippen molar-refractivity contribution in [3.63, 3.8) is 0 Å². The quantitative estimate of drug-likeness (QED) is 0.462. The van der Waals surface area contributed by atoms with Crippen LogP contribution in [0.3, 0.4) is 0 Å². The lowest BCUT2D eigenvalue weighted by Gasteiger charge is -2.05. The average Bonchev–Trinajstić information content (AvgIpc) is 3.14. The fourth-order valence-electron chi connectivity index (χ4n) is 1.61. The van der Waals surface area contributed by atoms with Gasteiger partial charge in [0, 0.05) is 5.92 Å². The van der Waals surface area contributed by atoms with Crippen molar-refractivity contribution in [2.45, 2.75) is 12.8 Å². The highest BCUT2D eigenvalue weighted by Crippen LogP contribution is 2.33. The Kier molecular flexibility index (Phi) is 3.27. The minimum atomic E-state index is -0.0170. The van der Waals surface area contributed by atoms with E-state index in [-0.39, 0.29) is 5.96 Å². The van der Waals surface area contributed by atoms with Crippen LogP contribution in [0.25, 0.3) is 0 Å². The van der Waals surface area contributed by atoms with Crippen molar-refractivity contribution in [1.29, 1.82) is 0 Å². The smallest absolute Gasteiger partial charge is 0.211 e. The maximum absolute atomic E-state index is 5.29. The molecular weight excluding hydrogens is 216 g/mol. The number of hydrogen-bond acceptors (Lipinski definition) is 3. The summed E-state index contributed by atoms with van der Waals surface area (Å²) in [5.41, 5.74) is 12.6. The summed E-state index contributed by atoms with van der Waals surface area (Å²) in [6.45, 7) is 0. The van der Waals surface area contributed by atoms with Crippen LogP contribution in [0.1, 0.15) is 18.4 Å². The Morgan fingerprint density at radius 2 is 1.82 bits per heavy atom. The molecule has 0 amide bonds. The van der Waals surface area contributed by atoms with Crippen molar-refractivity contribution in [2.75, 3.05) is 7.11 Å². The van der Waals surface area contributed by atoms with E-state index in [2.05, 4.69) is 10.2 Å². The van der Waals surface area contributed by atoms with Gasteiger partial charge in [-0.3, -0.25) is 0 Å². The number of nitrogens with zero attached hydrogens (tertiary/aromatic N) is 2. The molecule has 0 aliphatic heterocycles. The van der Waals surface area contributed by atoms with Crippen LogP contribution >= 0.6 is 0 Å². The van der Waals surface area contributed by atoms with Gasteiger partial charge in [-0.05, 0) is 42.7 Å². The fraction of sp³-hybridized carbons (Fsp3) is 0.333. The summed E-state index contributed by atoms with van der Waals surface area (Å²) in [4.78, 5) is 0. The van der Waals surface area contributed by atoms with E-state index in [1.165, 1.54) is 0 Å². The van der Waals surface area contributed by atoms with Crippen LogP contribution in [0.5, 0.6) is 5.75 Å². The van der Waals surface area contributed by atoms with E-state index in [4.69, 9.17) is 16.2 Å². The molecule has 0 unspecified atom stereocenters. The molecule has 0 heterocycles. The van der Waals surface area contributed by atoms with E-state index in [0.29, 0.717) is 5.92 Å². The average molecular weight is 232 g/mol. The highest BCUT2D eigenvalue weighted by atomic mass is 16.5. The third-order valence-corrected chi connectivity index (χ3v) is 2.62. The number of nitrogens with two attached hydrogens (primary N) is 2. The zero-order chi connectivity index (χ0) is 12.3. The summed E-state index contributed by atoms with van der Waals surface area (Å²) in [7, 11) is 1.64. The van der Waals surface area contributed by atoms with Gasteiger partial charge in [0.1, 0.15) is 5.75 Å². The third-order valence-electron chi connectivity index (χ3n) is 2.62. The van der Waals surface area contributed by atoms with Crippen molar-refractivity contribution >= 4 is 11.7 Å². The maximum atomic E-state index is 5.29. The molecule has 90 valence electrons. The standard InChI is InChI=1S/C12H16N4O/c1-17-10-6-4-9(5-7-10)11(8-2-3-8)15-16-12(13)14/h4-8H,2-3H2,1H3,(H4,13,14,16)/b15-11-. The topological polar surface area (TPSA) is 86.0 Å². The number of hydrogen-bond donors (Lipinski definition) is 2. The lowest BCUT2D eigenvalue weighted by atomic mass is 10.1. The molecule has 0 aromatic heterocycles. The van der Waals surface area contributed by atoms with Gasteiger partial charge < -0.3 is 16.2 Å². The second kappa shape index (κ2) is 4.86. The number of benzene rings is 1. The zero-order valence-electron chi connectivity index (χ0n) is 9.76. The molecule has 17 heavy (non-hydrogen) atoms. The monoisotopic (exact) mass is 232 g/mol. The molecule has 4 N–H and O–H groups in total. The van der Waals surface area contributed by atoms with E-state index < -0.39 is 0 Å². The van der Waals surface area contributed by atoms with Crippen LogP contribution in [0, 0.1) is 5.92 Å². The van der Waals surface area contributed by atoms with E-state index >= 15 is 0 Å². The largest absolute Gasteiger partial charge is 0.497 e. The number of guanidine groups is 1. The Morgan fingerprint density at radius 3 is 2.29 bits per heavy atom. The lowest BCUT2D eigenvalue weighted by molar-refractivity contribution is 0.415. The van der Waals surface area contributed by atoms with Crippen molar-refractivity contribution in [3.8, 4) is 5.75 Å². The Morgan fingerprint density at radius 1 is 1.18 bits per heavy atom. The van der Waals surface area contributed by atoms with Gasteiger partial charge in [0.05, 0.1) is 12.8 Å². The Hall–Kier alpha value is -2.04. The predicted molar refractivity (Wildman–Crippen MR) is 68.1 cm³/mol. The molecule has 1 aliphatic carbocycles. The molecule has 2 rings (SSSR count). The summed E-state index contributed by atoms with van der Waals surface area (Å²) < 4.78 is 5.12. The van der Waals surface area contributed by atoms with Crippen LogP contribution in [-0.2, 0) is 0 Å². The molecule has 0 bridgehead atoms. The molecule has 0 radical (unpaired) electrons. The predicted octanol–water partition coefficient (Wildman–Crippen LogP) is 1.08. The van der Waals surface area contributed by atoms with Crippen LogP contribution in [0.4, 0.5) is 0 Å². The highest BCUT2D eigenvalue weighted by Gasteiger charge is 2.28. The van der Waals surface area contributed by atoms with Gasteiger partial charge in [-0.1, -0.05) is 0 Å². The van der Waals surface area contributed by atoms with Crippen molar-refractivity contribution in [3.05, 3.63) is 29.8 Å². The second-order valence-electron chi connectivity index (χ2n) is 4.01. The van der Waals surface area contributed by atoms with Crippen LogP contribution in [0.15, 0.2) is 34.5 Å². The molecule has 1 aromatic carbocycles. The van der Waals surface area contributed by atoms with Crippen LogP contribution < -0.4 is 16.2 Å². The SMILES string of the molecule is COc1ccc(/C(=N\N=C(N)N)C2CC2)cc1. The van der Waals surface area contributed by atoms with E-state index in [1.54, 1.807) is 7.11 Å². The van der Waals surface area contributed by atoms with Crippen molar-refractivity contribution < 1.29 is 4.74 Å². The van der Waals surface area contributed by atoms with Crippen LogP contribution in [0.2, 0.25) is 0 Å². The minimum absolute atomic E-state index is 0.0170. The van der Waals surface area contributed by atoms with Crippen molar-refractivity contribution in [1.82, 2.24) is 0 Å². The van der Waals surface area contributed by atoms with Gasteiger partial charge in [0.2, 0.25) is 5.96 Å². The summed E-state index contributed by atoms with van der Waals surface area (Å²) in [6.07, 6.45) is 2.29. The fourth-order valence-corrected chi connectivity index (χ4v) is 1.61. The van der Waals surface area contributed by atoms with E-state index in [0.717, 1.165) is 29.9 Å². The summed E-state index contributed by atoms with van der Waals surface area (Å²) >= 11 is 0. The summed E-state index contributed by atoms with van der Waals surface area (Å²) in [6, 6.07) is 7.75. The molecule has 0 atom stereocenters. The number of rotatable bonds is 4. The molecule has 0 spiro atoms. The second-order valence-corrected chi connectivity index (χ2v) is 4.01. The first-order valence-electron chi connectivity index (χ1n) is 5.51. The summed E-state index contributed by atoms with van der Waals surface area (Å²) in [5, 5.41) is 7.86. The molecule has 0 saturated heterocycles. The zero-order valence-corrected chi connectivity index (χ0v) is 9.76. The molecule has 1 saturated carbocycles. The van der Waals surface area contributed by atoms with Gasteiger partial charge in [-0.2, -0.15) is 5.10 Å². The first-order chi connectivity index (χ1) is 8.20. The van der Waals surface area contributed by atoms with Gasteiger partial charge in [0.15, 0.2) is 0 Å². The molecule has 1 fully saturated rings. The van der Waals surface area contributed by atoms with E-state index in [1.807, 2.05) is 24.3 Å².